The molecule has 0 aliphatic carbocycles. The fraction of sp³-hybridized carbons (Fsp3) is 0.263. The third-order valence-corrected chi connectivity index (χ3v) is 4.42. The number of anilines is 2. The molecular formula is C19H19N7O. The van der Waals surface area contributed by atoms with Gasteiger partial charge in [-0.1, -0.05) is 6.07 Å². The van der Waals surface area contributed by atoms with Gasteiger partial charge in [0, 0.05) is 49.4 Å². The molecule has 1 aliphatic heterocycles. The first-order valence-electron chi connectivity index (χ1n) is 8.78. The van der Waals surface area contributed by atoms with Crippen molar-refractivity contribution in [1.29, 1.82) is 0 Å². The number of likely N-dealkylation sites (tertiary alicyclic amines) is 1. The highest BCUT2D eigenvalue weighted by Gasteiger charge is 2.30. The maximum atomic E-state index is 12.6. The number of pyridine rings is 1. The summed E-state index contributed by atoms with van der Waals surface area (Å²) in [5.74, 6) is 2.16. The van der Waals surface area contributed by atoms with Gasteiger partial charge in [-0.3, -0.25) is 9.78 Å². The summed E-state index contributed by atoms with van der Waals surface area (Å²) in [6.45, 7) is 3.16. The first-order valence-corrected chi connectivity index (χ1v) is 8.78. The van der Waals surface area contributed by atoms with Crippen LogP contribution in [0.4, 0.5) is 11.6 Å². The van der Waals surface area contributed by atoms with Gasteiger partial charge >= 0.3 is 0 Å². The number of hydrogen-bond acceptors (Lipinski definition) is 7. The fourth-order valence-electron chi connectivity index (χ4n) is 3.13. The van der Waals surface area contributed by atoms with Crippen molar-refractivity contribution in [2.24, 2.45) is 0 Å². The van der Waals surface area contributed by atoms with Crippen LogP contribution in [0.5, 0.6) is 0 Å². The number of aromatic nitrogens is 5. The molecule has 1 atom stereocenters. The molecule has 8 nitrogen and oxygen atoms in total. The van der Waals surface area contributed by atoms with Crippen molar-refractivity contribution >= 4 is 17.5 Å². The van der Waals surface area contributed by atoms with Gasteiger partial charge in [0.1, 0.15) is 23.2 Å². The SMILES string of the molecule is Cc1cc(Nc2ccccn2)nc([C@H]2CCN(C(=O)c3cnccn3)C2)n1. The van der Waals surface area contributed by atoms with E-state index in [1.165, 1.54) is 12.4 Å². The van der Waals surface area contributed by atoms with Gasteiger partial charge < -0.3 is 10.2 Å². The molecule has 3 aromatic heterocycles. The van der Waals surface area contributed by atoms with Crippen molar-refractivity contribution in [2.45, 2.75) is 19.3 Å². The van der Waals surface area contributed by atoms with E-state index in [1.54, 1.807) is 17.3 Å². The minimum absolute atomic E-state index is 0.0924. The van der Waals surface area contributed by atoms with Crippen LogP contribution < -0.4 is 5.32 Å². The standard InChI is InChI=1S/C19H19N7O/c1-13-10-17(24-16-4-2-3-6-22-16)25-18(23-13)14-5-9-26(12-14)19(27)15-11-20-7-8-21-15/h2-4,6-8,10-11,14H,5,9,12H2,1H3,(H,22,23,24,25)/t14-/m0/s1. The largest absolute Gasteiger partial charge is 0.337 e. The lowest BCUT2D eigenvalue weighted by molar-refractivity contribution is 0.0784. The Hall–Kier alpha value is -3.42. The van der Waals surface area contributed by atoms with Gasteiger partial charge in [0.05, 0.1) is 6.20 Å². The number of nitrogens with zero attached hydrogens (tertiary/aromatic N) is 6. The fourth-order valence-corrected chi connectivity index (χ4v) is 3.13. The van der Waals surface area contributed by atoms with Gasteiger partial charge in [-0.25, -0.2) is 19.9 Å². The van der Waals surface area contributed by atoms with Crippen molar-refractivity contribution in [3.05, 3.63) is 66.3 Å². The molecule has 1 amide bonds. The second-order valence-corrected chi connectivity index (χ2v) is 6.42. The molecule has 136 valence electrons. The zero-order valence-electron chi connectivity index (χ0n) is 14.9. The summed E-state index contributed by atoms with van der Waals surface area (Å²) in [5, 5.41) is 3.21. The van der Waals surface area contributed by atoms with E-state index in [2.05, 4.69) is 30.2 Å². The summed E-state index contributed by atoms with van der Waals surface area (Å²) in [5.41, 5.74) is 1.23. The lowest BCUT2D eigenvalue weighted by atomic mass is 10.1. The predicted molar refractivity (Wildman–Crippen MR) is 99.6 cm³/mol. The van der Waals surface area contributed by atoms with E-state index in [0.29, 0.717) is 24.6 Å². The molecule has 0 bridgehead atoms. The molecule has 1 saturated heterocycles. The van der Waals surface area contributed by atoms with Gasteiger partial charge in [-0.15, -0.1) is 0 Å². The summed E-state index contributed by atoms with van der Waals surface area (Å²) < 4.78 is 0. The van der Waals surface area contributed by atoms with Crippen molar-refractivity contribution in [1.82, 2.24) is 29.8 Å². The van der Waals surface area contributed by atoms with Crippen LogP contribution in [0.25, 0.3) is 0 Å². The Morgan fingerprint density at radius 3 is 2.85 bits per heavy atom. The van der Waals surface area contributed by atoms with Crippen LogP contribution in [0.1, 0.15) is 34.3 Å². The number of amides is 1. The van der Waals surface area contributed by atoms with Crippen molar-refractivity contribution in [2.75, 3.05) is 18.4 Å². The van der Waals surface area contributed by atoms with Gasteiger partial charge in [0.25, 0.3) is 5.91 Å². The molecule has 1 aliphatic rings. The first kappa shape index (κ1) is 17.0. The molecule has 0 saturated carbocycles. The van der Waals surface area contributed by atoms with Crippen molar-refractivity contribution < 1.29 is 4.79 Å². The number of hydrogen-bond donors (Lipinski definition) is 1. The topological polar surface area (TPSA) is 96.8 Å². The Labute approximate surface area is 156 Å². The molecule has 8 heteroatoms. The molecule has 3 aromatic rings. The summed E-state index contributed by atoms with van der Waals surface area (Å²) in [7, 11) is 0. The molecule has 0 radical (unpaired) electrons. The van der Waals surface area contributed by atoms with Crippen LogP contribution in [-0.2, 0) is 0 Å². The maximum Gasteiger partial charge on any atom is 0.274 e. The maximum absolute atomic E-state index is 12.6. The highest BCUT2D eigenvalue weighted by atomic mass is 16.2. The normalized spacial score (nSPS) is 16.3. The molecule has 4 rings (SSSR count). The van der Waals surface area contributed by atoms with E-state index < -0.39 is 0 Å². The number of aryl methyl sites for hydroxylation is 1. The number of nitrogens with one attached hydrogen (secondary N) is 1. The highest BCUT2D eigenvalue weighted by Crippen LogP contribution is 2.27. The van der Waals surface area contributed by atoms with E-state index in [-0.39, 0.29) is 11.8 Å². The van der Waals surface area contributed by atoms with Crippen LogP contribution in [0.2, 0.25) is 0 Å². The molecule has 0 unspecified atom stereocenters. The molecule has 1 N–H and O–H groups in total. The van der Waals surface area contributed by atoms with Gasteiger partial charge in [0.2, 0.25) is 0 Å². The quantitative estimate of drug-likeness (QED) is 0.762. The Balaban J connectivity index is 1.50. The number of carbonyl (C=O) groups excluding carboxylic acids is 1. The van der Waals surface area contributed by atoms with Gasteiger partial charge in [-0.05, 0) is 25.5 Å². The van der Waals surface area contributed by atoms with E-state index in [4.69, 9.17) is 0 Å². The van der Waals surface area contributed by atoms with Crippen LogP contribution in [-0.4, -0.2) is 48.8 Å². The second kappa shape index (κ2) is 7.45. The average molecular weight is 361 g/mol. The Bertz CT molecular complexity index is 933. The molecule has 0 spiro atoms. The van der Waals surface area contributed by atoms with E-state index >= 15 is 0 Å². The smallest absolute Gasteiger partial charge is 0.274 e. The first-order chi connectivity index (χ1) is 13.2. The van der Waals surface area contributed by atoms with Gasteiger partial charge in [-0.2, -0.15) is 0 Å². The summed E-state index contributed by atoms with van der Waals surface area (Å²) in [6.07, 6.45) is 7.12. The summed E-state index contributed by atoms with van der Waals surface area (Å²) in [4.78, 5) is 35.9. The minimum Gasteiger partial charge on any atom is -0.337 e. The molecule has 4 heterocycles. The zero-order valence-corrected chi connectivity index (χ0v) is 14.9. The predicted octanol–water partition coefficient (Wildman–Crippen LogP) is 2.34. The van der Waals surface area contributed by atoms with E-state index in [0.717, 1.165) is 23.8 Å². The van der Waals surface area contributed by atoms with Crippen LogP contribution >= 0.6 is 0 Å². The Morgan fingerprint density at radius 1 is 1.15 bits per heavy atom. The average Bonchev–Trinajstić information content (AvgIpc) is 3.19. The minimum atomic E-state index is -0.106. The van der Waals surface area contributed by atoms with E-state index in [9.17, 15) is 4.79 Å². The van der Waals surface area contributed by atoms with Crippen molar-refractivity contribution in [3.8, 4) is 0 Å². The molecule has 0 aromatic carbocycles. The van der Waals surface area contributed by atoms with Crippen LogP contribution in [0.3, 0.4) is 0 Å². The van der Waals surface area contributed by atoms with Crippen molar-refractivity contribution in [3.63, 3.8) is 0 Å². The summed E-state index contributed by atoms with van der Waals surface area (Å²) >= 11 is 0. The van der Waals surface area contributed by atoms with Crippen LogP contribution in [0.15, 0.2) is 49.1 Å². The van der Waals surface area contributed by atoms with E-state index in [1.807, 2.05) is 31.2 Å². The van der Waals surface area contributed by atoms with Gasteiger partial charge in [0.15, 0.2) is 0 Å². The molecular weight excluding hydrogens is 342 g/mol. The monoisotopic (exact) mass is 361 g/mol. The highest BCUT2D eigenvalue weighted by molar-refractivity contribution is 5.92. The third-order valence-electron chi connectivity index (χ3n) is 4.42. The number of carbonyl (C=O) groups is 1. The zero-order chi connectivity index (χ0) is 18.6. The molecule has 27 heavy (non-hydrogen) atoms. The summed E-state index contributed by atoms with van der Waals surface area (Å²) in [6, 6.07) is 7.55. The Kier molecular flexibility index (Phi) is 4.69. The lowest BCUT2D eigenvalue weighted by Crippen LogP contribution is -2.29. The Morgan fingerprint density at radius 2 is 2.07 bits per heavy atom. The molecule has 1 fully saturated rings. The second-order valence-electron chi connectivity index (χ2n) is 6.42. The third kappa shape index (κ3) is 3.89. The van der Waals surface area contributed by atoms with Crippen LogP contribution in [0, 0.1) is 6.92 Å². The number of rotatable bonds is 4. The lowest BCUT2D eigenvalue weighted by Gasteiger charge is -2.16.